The summed E-state index contributed by atoms with van der Waals surface area (Å²) in [5.41, 5.74) is 1.97. The zero-order valence-corrected chi connectivity index (χ0v) is 18.0. The van der Waals surface area contributed by atoms with Crippen molar-refractivity contribution in [1.29, 1.82) is 0 Å². The molecule has 0 aliphatic heterocycles. The van der Waals surface area contributed by atoms with Crippen LogP contribution >= 0.6 is 0 Å². The van der Waals surface area contributed by atoms with Crippen molar-refractivity contribution < 1.29 is 8.42 Å². The van der Waals surface area contributed by atoms with Gasteiger partial charge in [0.15, 0.2) is 17.5 Å². The molecule has 0 bridgehead atoms. The molecule has 2 aromatic heterocycles. The largest absolute Gasteiger partial charge is 0.360 e. The van der Waals surface area contributed by atoms with Gasteiger partial charge in [-0.05, 0) is 46.8 Å². The molecule has 0 amide bonds. The first-order chi connectivity index (χ1) is 16.1. The molecule has 0 saturated carbocycles. The van der Waals surface area contributed by atoms with Crippen LogP contribution in [-0.2, 0) is 16.6 Å². The van der Waals surface area contributed by atoms with E-state index in [1.54, 1.807) is 35.0 Å². The van der Waals surface area contributed by atoms with E-state index in [4.69, 9.17) is 0 Å². The average Bonchev–Trinajstić information content (AvgIpc) is 3.32. The zero-order valence-electron chi connectivity index (χ0n) is 17.2. The van der Waals surface area contributed by atoms with Gasteiger partial charge in [-0.2, -0.15) is 4.68 Å². The van der Waals surface area contributed by atoms with Gasteiger partial charge >= 0.3 is 0 Å². The third kappa shape index (κ3) is 4.34. The molecule has 33 heavy (non-hydrogen) atoms. The summed E-state index contributed by atoms with van der Waals surface area (Å²) in [4.78, 5) is 9.19. The summed E-state index contributed by atoms with van der Waals surface area (Å²) in [5, 5.41) is 15.0. The van der Waals surface area contributed by atoms with E-state index in [1.807, 2.05) is 42.5 Å². The van der Waals surface area contributed by atoms with E-state index in [2.05, 4.69) is 35.5 Å². The Morgan fingerprint density at radius 1 is 0.758 bits per heavy atom. The molecule has 10 nitrogen and oxygen atoms in total. The second kappa shape index (κ2) is 8.63. The molecular formula is C22H18N8O2S. The molecule has 0 saturated heterocycles. The van der Waals surface area contributed by atoms with Crippen molar-refractivity contribution in [3.05, 3.63) is 90.8 Å². The first-order valence-corrected chi connectivity index (χ1v) is 11.5. The van der Waals surface area contributed by atoms with Gasteiger partial charge in [0.2, 0.25) is 0 Å². The van der Waals surface area contributed by atoms with Gasteiger partial charge in [0.25, 0.3) is 10.0 Å². The molecule has 0 aliphatic rings. The van der Waals surface area contributed by atoms with Crippen molar-refractivity contribution in [2.45, 2.75) is 11.4 Å². The van der Waals surface area contributed by atoms with Crippen LogP contribution in [-0.4, -0.2) is 38.6 Å². The minimum atomic E-state index is -3.87. The summed E-state index contributed by atoms with van der Waals surface area (Å²) in [6, 6.07) is 24.8. The highest BCUT2D eigenvalue weighted by atomic mass is 32.2. The maximum absolute atomic E-state index is 12.9. The fraction of sp³-hybridized carbons (Fsp3) is 0.0455. The van der Waals surface area contributed by atoms with Crippen LogP contribution in [0.15, 0.2) is 89.8 Å². The first kappa shape index (κ1) is 20.5. The van der Waals surface area contributed by atoms with Crippen LogP contribution in [0.25, 0.3) is 16.7 Å². The summed E-state index contributed by atoms with van der Waals surface area (Å²) in [6.45, 7) is 0.189. The number of sulfonamides is 1. The van der Waals surface area contributed by atoms with Gasteiger partial charge in [0.05, 0.1) is 28.2 Å². The maximum Gasteiger partial charge on any atom is 0.263 e. The maximum atomic E-state index is 12.9. The van der Waals surface area contributed by atoms with Crippen LogP contribution in [0.1, 0.15) is 5.82 Å². The topological polar surface area (TPSA) is 128 Å². The number of rotatable bonds is 7. The number of para-hydroxylation sites is 3. The number of hydrogen-bond donors (Lipinski definition) is 2. The predicted molar refractivity (Wildman–Crippen MR) is 123 cm³/mol. The molecule has 0 radical (unpaired) electrons. The minimum absolute atomic E-state index is 0.0799. The number of nitrogens with zero attached hydrogens (tertiary/aromatic N) is 6. The Labute approximate surface area is 189 Å². The van der Waals surface area contributed by atoms with Gasteiger partial charge in [-0.25, -0.2) is 18.4 Å². The Morgan fingerprint density at radius 3 is 2.06 bits per heavy atom. The van der Waals surface area contributed by atoms with E-state index >= 15 is 0 Å². The Hall–Kier alpha value is -4.38. The number of nitrogens with one attached hydrogen (secondary N) is 2. The number of tetrazole rings is 1. The van der Waals surface area contributed by atoms with E-state index in [-0.39, 0.29) is 23.1 Å². The van der Waals surface area contributed by atoms with E-state index in [9.17, 15) is 8.42 Å². The van der Waals surface area contributed by atoms with Crippen LogP contribution in [0.4, 0.5) is 11.6 Å². The molecular weight excluding hydrogens is 440 g/mol. The highest BCUT2D eigenvalue weighted by Gasteiger charge is 2.19. The molecule has 0 spiro atoms. The zero-order chi connectivity index (χ0) is 22.7. The molecule has 0 atom stereocenters. The summed E-state index contributed by atoms with van der Waals surface area (Å²) in [5.74, 6) is 0.861. The summed E-state index contributed by atoms with van der Waals surface area (Å²) in [6.07, 6.45) is 0. The SMILES string of the molecule is O=S(=O)(Nc1nc2ccccc2nc1NCc1nnnn1-c1ccccc1)c1ccccc1. The predicted octanol–water partition coefficient (Wildman–Crippen LogP) is 3.02. The Bertz CT molecular complexity index is 1510. The molecule has 164 valence electrons. The smallest absolute Gasteiger partial charge is 0.263 e. The highest BCUT2D eigenvalue weighted by molar-refractivity contribution is 7.92. The van der Waals surface area contributed by atoms with Gasteiger partial charge in [0.1, 0.15) is 0 Å². The van der Waals surface area contributed by atoms with Crippen LogP contribution in [0.3, 0.4) is 0 Å². The van der Waals surface area contributed by atoms with Gasteiger partial charge < -0.3 is 5.32 Å². The van der Waals surface area contributed by atoms with Crippen molar-refractivity contribution in [2.24, 2.45) is 0 Å². The monoisotopic (exact) mass is 458 g/mol. The van der Waals surface area contributed by atoms with Crippen molar-refractivity contribution in [2.75, 3.05) is 10.0 Å². The summed E-state index contributed by atoms with van der Waals surface area (Å²) in [7, 11) is -3.87. The Balaban J connectivity index is 1.49. The van der Waals surface area contributed by atoms with Crippen molar-refractivity contribution in [3.8, 4) is 5.69 Å². The van der Waals surface area contributed by atoms with Crippen LogP contribution in [0.5, 0.6) is 0 Å². The molecule has 5 aromatic rings. The Morgan fingerprint density at radius 2 is 1.36 bits per heavy atom. The van der Waals surface area contributed by atoms with Crippen molar-refractivity contribution in [3.63, 3.8) is 0 Å². The molecule has 11 heteroatoms. The second-order valence-corrected chi connectivity index (χ2v) is 8.71. The molecule has 2 heterocycles. The van der Waals surface area contributed by atoms with Gasteiger partial charge in [-0.3, -0.25) is 4.72 Å². The molecule has 0 aliphatic carbocycles. The number of anilines is 2. The van der Waals surface area contributed by atoms with Crippen molar-refractivity contribution >= 4 is 32.7 Å². The van der Waals surface area contributed by atoms with Gasteiger partial charge in [0, 0.05) is 0 Å². The third-order valence-electron chi connectivity index (χ3n) is 4.80. The summed E-state index contributed by atoms with van der Waals surface area (Å²) < 4.78 is 30.0. The van der Waals surface area contributed by atoms with Crippen LogP contribution in [0.2, 0.25) is 0 Å². The number of hydrogen-bond acceptors (Lipinski definition) is 8. The second-order valence-electron chi connectivity index (χ2n) is 7.02. The molecule has 2 N–H and O–H groups in total. The third-order valence-corrected chi connectivity index (χ3v) is 6.16. The average molecular weight is 459 g/mol. The Kier molecular flexibility index (Phi) is 5.37. The van der Waals surface area contributed by atoms with E-state index in [0.717, 1.165) is 5.69 Å². The van der Waals surface area contributed by atoms with Crippen LogP contribution in [0, 0.1) is 0 Å². The van der Waals surface area contributed by atoms with E-state index in [0.29, 0.717) is 16.9 Å². The number of aromatic nitrogens is 6. The molecule has 0 unspecified atom stereocenters. The van der Waals surface area contributed by atoms with Gasteiger partial charge in [-0.1, -0.05) is 48.5 Å². The number of benzene rings is 3. The van der Waals surface area contributed by atoms with Crippen LogP contribution < -0.4 is 10.0 Å². The fourth-order valence-corrected chi connectivity index (χ4v) is 4.26. The quantitative estimate of drug-likeness (QED) is 0.381. The summed E-state index contributed by atoms with van der Waals surface area (Å²) >= 11 is 0. The molecule has 3 aromatic carbocycles. The molecule has 0 fully saturated rings. The van der Waals surface area contributed by atoms with Gasteiger partial charge in [-0.15, -0.1) is 5.10 Å². The highest BCUT2D eigenvalue weighted by Crippen LogP contribution is 2.24. The first-order valence-electron chi connectivity index (χ1n) is 10.0. The lowest BCUT2D eigenvalue weighted by atomic mass is 10.3. The number of fused-ring (bicyclic) bond motifs is 1. The van der Waals surface area contributed by atoms with E-state index < -0.39 is 10.0 Å². The minimum Gasteiger partial charge on any atom is -0.360 e. The fourth-order valence-electron chi connectivity index (χ4n) is 3.23. The lowest BCUT2D eigenvalue weighted by Crippen LogP contribution is -2.17. The molecule has 5 rings (SSSR count). The van der Waals surface area contributed by atoms with E-state index in [1.165, 1.54) is 12.1 Å². The lowest BCUT2D eigenvalue weighted by Gasteiger charge is -2.13. The standard InChI is InChI=1S/C22H18N8O2S/c31-33(32,17-11-5-2-6-12-17)27-22-21(24-18-13-7-8-14-19(18)25-22)23-15-20-26-28-29-30(20)16-9-3-1-4-10-16/h1-14H,15H2,(H,23,24)(H,25,27). The van der Waals surface area contributed by atoms with Crippen molar-refractivity contribution in [1.82, 2.24) is 30.2 Å². The normalized spacial score (nSPS) is 11.4. The lowest BCUT2D eigenvalue weighted by molar-refractivity contribution is 0.601.